The molecule has 1 aliphatic carbocycles. The van der Waals surface area contributed by atoms with E-state index in [4.69, 9.17) is 0 Å². The van der Waals surface area contributed by atoms with Crippen LogP contribution in [0.1, 0.15) is 88.0 Å². The summed E-state index contributed by atoms with van der Waals surface area (Å²) in [5.41, 5.74) is 0.106. The molecule has 0 bridgehead atoms. The highest BCUT2D eigenvalue weighted by Crippen LogP contribution is 2.50. The second-order valence-electron chi connectivity index (χ2n) is 10.3. The van der Waals surface area contributed by atoms with Crippen molar-refractivity contribution in [2.45, 2.75) is 88.0 Å². The van der Waals surface area contributed by atoms with E-state index in [0.717, 1.165) is 16.7 Å². The molecule has 31 heavy (non-hydrogen) atoms. The third kappa shape index (κ3) is 5.93. The van der Waals surface area contributed by atoms with Gasteiger partial charge in [0.05, 0.1) is 5.41 Å². The van der Waals surface area contributed by atoms with Crippen LogP contribution in [0.4, 0.5) is 0 Å². The monoisotopic (exact) mass is 428 g/mol. The lowest BCUT2D eigenvalue weighted by molar-refractivity contribution is -0.147. The van der Waals surface area contributed by atoms with Crippen LogP contribution in [0.5, 0.6) is 0 Å². The number of aliphatic hydroxyl groups excluding tert-OH is 1. The first-order chi connectivity index (χ1) is 14.2. The standard InChI is InChI=1S/C27H40O4/c1-17(2)10-13-26(9)23(29)22(21(28)16-20(7)8)24(30)27(25(26)31,14-11-18(3)4)15-12-19(5)6/h10-12,20,29H,13-16H2,1-9H3. The first kappa shape index (κ1) is 26.8. The summed E-state index contributed by atoms with van der Waals surface area (Å²) in [6, 6.07) is 0. The van der Waals surface area contributed by atoms with Crippen LogP contribution in [-0.4, -0.2) is 22.5 Å². The molecule has 172 valence electrons. The van der Waals surface area contributed by atoms with Gasteiger partial charge < -0.3 is 5.11 Å². The third-order valence-corrected chi connectivity index (χ3v) is 5.87. The fourth-order valence-electron chi connectivity index (χ4n) is 3.90. The number of allylic oxidation sites excluding steroid dienone is 8. The van der Waals surface area contributed by atoms with Gasteiger partial charge >= 0.3 is 0 Å². The number of rotatable bonds is 9. The predicted molar refractivity (Wildman–Crippen MR) is 127 cm³/mol. The van der Waals surface area contributed by atoms with Crippen LogP contribution in [0.2, 0.25) is 0 Å². The highest BCUT2D eigenvalue weighted by atomic mass is 16.3. The van der Waals surface area contributed by atoms with E-state index in [2.05, 4.69) is 0 Å². The molecule has 1 atom stereocenters. The Hall–Kier alpha value is -2.23. The molecule has 0 amide bonds. The minimum absolute atomic E-state index is 0.0345. The van der Waals surface area contributed by atoms with E-state index in [1.807, 2.05) is 73.6 Å². The van der Waals surface area contributed by atoms with Crippen molar-refractivity contribution in [1.29, 1.82) is 0 Å². The first-order valence-electron chi connectivity index (χ1n) is 11.2. The summed E-state index contributed by atoms with van der Waals surface area (Å²) in [6.07, 6.45) is 6.50. The molecule has 0 fully saturated rings. The lowest BCUT2D eigenvalue weighted by atomic mass is 9.56. The molecule has 0 aromatic rings. The van der Waals surface area contributed by atoms with Crippen molar-refractivity contribution in [3.05, 3.63) is 46.3 Å². The molecule has 4 heteroatoms. The van der Waals surface area contributed by atoms with E-state index in [9.17, 15) is 19.5 Å². The van der Waals surface area contributed by atoms with Crippen LogP contribution in [0.15, 0.2) is 46.3 Å². The quantitative estimate of drug-likeness (QED) is 0.254. The summed E-state index contributed by atoms with van der Waals surface area (Å²) in [4.78, 5) is 40.9. The van der Waals surface area contributed by atoms with Gasteiger partial charge in [0.15, 0.2) is 17.3 Å². The summed E-state index contributed by atoms with van der Waals surface area (Å²) < 4.78 is 0. The summed E-state index contributed by atoms with van der Waals surface area (Å²) in [5, 5.41) is 11.2. The van der Waals surface area contributed by atoms with Crippen molar-refractivity contribution < 1.29 is 19.5 Å². The van der Waals surface area contributed by atoms with Crippen molar-refractivity contribution in [2.75, 3.05) is 0 Å². The molecule has 0 aromatic heterocycles. The van der Waals surface area contributed by atoms with Gasteiger partial charge in [-0.3, -0.25) is 14.4 Å². The molecular weight excluding hydrogens is 388 g/mol. The smallest absolute Gasteiger partial charge is 0.184 e. The van der Waals surface area contributed by atoms with Gasteiger partial charge in [0.25, 0.3) is 0 Å². The molecule has 1 rings (SSSR count). The predicted octanol–water partition coefficient (Wildman–Crippen LogP) is 6.63. The van der Waals surface area contributed by atoms with Crippen molar-refractivity contribution in [2.24, 2.45) is 16.7 Å². The molecular formula is C27H40O4. The Balaban J connectivity index is 3.89. The minimum Gasteiger partial charge on any atom is -0.510 e. The van der Waals surface area contributed by atoms with Gasteiger partial charge in [-0.15, -0.1) is 0 Å². The maximum absolute atomic E-state index is 14.0. The average Bonchev–Trinajstić information content (AvgIpc) is 2.64. The van der Waals surface area contributed by atoms with Crippen LogP contribution in [0.25, 0.3) is 0 Å². The molecule has 0 heterocycles. The second kappa shape index (κ2) is 10.4. The van der Waals surface area contributed by atoms with Crippen LogP contribution < -0.4 is 0 Å². The average molecular weight is 429 g/mol. The zero-order valence-corrected chi connectivity index (χ0v) is 20.8. The SMILES string of the molecule is CC(C)=CCC1(C)C(=O)C(CC=C(C)C)(CC=C(C)C)C(=O)C(C(=O)CC(C)C)=C1O. The summed E-state index contributed by atoms with van der Waals surface area (Å²) >= 11 is 0. The zero-order valence-electron chi connectivity index (χ0n) is 20.8. The van der Waals surface area contributed by atoms with Crippen molar-refractivity contribution in [3.63, 3.8) is 0 Å². The molecule has 0 aliphatic heterocycles. The van der Waals surface area contributed by atoms with Crippen molar-refractivity contribution in [1.82, 2.24) is 0 Å². The molecule has 0 radical (unpaired) electrons. The van der Waals surface area contributed by atoms with Crippen LogP contribution in [0.3, 0.4) is 0 Å². The number of hydrogen-bond donors (Lipinski definition) is 1. The Kier molecular flexibility index (Phi) is 8.98. The van der Waals surface area contributed by atoms with Crippen molar-refractivity contribution in [3.8, 4) is 0 Å². The molecule has 0 saturated carbocycles. The highest BCUT2D eigenvalue weighted by molar-refractivity contribution is 6.31. The summed E-state index contributed by atoms with van der Waals surface area (Å²) in [5.74, 6) is -1.56. The first-order valence-corrected chi connectivity index (χ1v) is 11.2. The van der Waals surface area contributed by atoms with E-state index in [1.165, 1.54) is 0 Å². The van der Waals surface area contributed by atoms with Gasteiger partial charge in [-0.1, -0.05) is 48.8 Å². The van der Waals surface area contributed by atoms with E-state index in [1.54, 1.807) is 6.92 Å². The Morgan fingerprint density at radius 2 is 1.29 bits per heavy atom. The maximum atomic E-state index is 14.0. The fraction of sp³-hybridized carbons (Fsp3) is 0.593. The van der Waals surface area contributed by atoms with Gasteiger partial charge in [0.2, 0.25) is 0 Å². The van der Waals surface area contributed by atoms with Gasteiger partial charge in [0, 0.05) is 6.42 Å². The normalized spacial score (nSPS) is 20.6. The molecule has 0 aromatic carbocycles. The van der Waals surface area contributed by atoms with E-state index >= 15 is 0 Å². The van der Waals surface area contributed by atoms with Gasteiger partial charge in [-0.25, -0.2) is 0 Å². The van der Waals surface area contributed by atoms with Gasteiger partial charge in [-0.2, -0.15) is 0 Å². The van der Waals surface area contributed by atoms with E-state index < -0.39 is 16.6 Å². The van der Waals surface area contributed by atoms with Crippen LogP contribution >= 0.6 is 0 Å². The number of carbonyl (C=O) groups excluding carboxylic acids is 3. The zero-order chi connectivity index (χ0) is 24.1. The molecule has 1 aliphatic rings. The highest BCUT2D eigenvalue weighted by Gasteiger charge is 2.59. The second-order valence-corrected chi connectivity index (χ2v) is 10.3. The molecule has 1 N–H and O–H groups in total. The molecule has 0 saturated heterocycles. The largest absolute Gasteiger partial charge is 0.510 e. The number of ketones is 3. The Bertz CT molecular complexity index is 832. The van der Waals surface area contributed by atoms with Crippen LogP contribution in [-0.2, 0) is 14.4 Å². The third-order valence-electron chi connectivity index (χ3n) is 5.87. The molecule has 0 spiro atoms. The topological polar surface area (TPSA) is 71.4 Å². The minimum atomic E-state index is -1.40. The fourth-order valence-corrected chi connectivity index (χ4v) is 3.90. The summed E-state index contributed by atoms with van der Waals surface area (Å²) in [7, 11) is 0. The molecule has 4 nitrogen and oxygen atoms in total. The number of hydrogen-bond acceptors (Lipinski definition) is 4. The Labute approximate surface area is 188 Å². The Morgan fingerprint density at radius 1 is 0.871 bits per heavy atom. The maximum Gasteiger partial charge on any atom is 0.184 e. The lowest BCUT2D eigenvalue weighted by Crippen LogP contribution is -2.54. The van der Waals surface area contributed by atoms with E-state index in [-0.39, 0.29) is 54.5 Å². The number of Topliss-reactive ketones (excluding diaryl/α,β-unsaturated/α-hetero) is 3. The molecule has 1 unspecified atom stereocenters. The van der Waals surface area contributed by atoms with Gasteiger partial charge in [0.1, 0.15) is 16.7 Å². The van der Waals surface area contributed by atoms with E-state index in [0.29, 0.717) is 0 Å². The van der Waals surface area contributed by atoms with Crippen molar-refractivity contribution >= 4 is 17.3 Å². The van der Waals surface area contributed by atoms with Gasteiger partial charge in [-0.05, 0) is 73.6 Å². The lowest BCUT2D eigenvalue weighted by Gasteiger charge is -2.43. The summed E-state index contributed by atoms with van der Waals surface area (Å²) in [6.45, 7) is 17.0. The van der Waals surface area contributed by atoms with Crippen LogP contribution in [0, 0.1) is 16.7 Å². The number of carbonyl (C=O) groups is 3. The number of aliphatic hydroxyl groups is 1. The Morgan fingerprint density at radius 3 is 1.68 bits per heavy atom.